The molecule has 1 N–H and O–H groups in total. The van der Waals surface area contributed by atoms with Crippen molar-refractivity contribution in [2.45, 2.75) is 6.92 Å². The molecule has 0 saturated heterocycles. The quantitative estimate of drug-likeness (QED) is 0.681. The predicted octanol–water partition coefficient (Wildman–Crippen LogP) is 0.869. The highest BCUT2D eigenvalue weighted by Crippen LogP contribution is 2.14. The van der Waals surface area contributed by atoms with Gasteiger partial charge in [0.25, 0.3) is 0 Å². The van der Waals surface area contributed by atoms with Gasteiger partial charge < -0.3 is 19.5 Å². The smallest absolute Gasteiger partial charge is 0.225 e. The van der Waals surface area contributed by atoms with E-state index < -0.39 is 0 Å². The molecule has 6 nitrogen and oxygen atoms in total. The van der Waals surface area contributed by atoms with Crippen molar-refractivity contribution >= 4 is 5.95 Å². The van der Waals surface area contributed by atoms with Crippen molar-refractivity contribution in [2.75, 3.05) is 45.9 Å². The maximum absolute atomic E-state index is 5.50. The molecule has 1 aromatic heterocycles. The number of rotatable bonds is 8. The predicted molar refractivity (Wildman–Crippen MR) is 64.5 cm³/mol. The Bertz CT molecular complexity index is 334. The Hall–Kier alpha value is -1.40. The zero-order valence-corrected chi connectivity index (χ0v) is 10.5. The van der Waals surface area contributed by atoms with Gasteiger partial charge in [0.15, 0.2) is 0 Å². The molecule has 0 amide bonds. The van der Waals surface area contributed by atoms with Crippen molar-refractivity contribution in [1.29, 1.82) is 0 Å². The van der Waals surface area contributed by atoms with E-state index in [0.29, 0.717) is 38.3 Å². The monoisotopic (exact) mass is 241 g/mol. The number of aryl methyl sites for hydroxylation is 1. The Kier molecular flexibility index (Phi) is 6.27. The van der Waals surface area contributed by atoms with E-state index in [4.69, 9.17) is 14.2 Å². The van der Waals surface area contributed by atoms with E-state index in [0.717, 1.165) is 5.56 Å². The SMILES string of the molecule is CNc1ncc(C)c(OCCOCCOC)n1. The van der Waals surface area contributed by atoms with Gasteiger partial charge in [0.2, 0.25) is 11.8 Å². The number of aromatic nitrogens is 2. The maximum atomic E-state index is 5.50. The molecule has 0 bridgehead atoms. The zero-order valence-electron chi connectivity index (χ0n) is 10.5. The summed E-state index contributed by atoms with van der Waals surface area (Å²) in [6.07, 6.45) is 1.72. The first-order chi connectivity index (χ1) is 8.27. The minimum atomic E-state index is 0.463. The summed E-state index contributed by atoms with van der Waals surface area (Å²) < 4.78 is 15.6. The molecule has 6 heteroatoms. The van der Waals surface area contributed by atoms with Gasteiger partial charge in [-0.25, -0.2) is 4.98 Å². The lowest BCUT2D eigenvalue weighted by atomic mass is 10.4. The molecule has 0 aliphatic heterocycles. The average molecular weight is 241 g/mol. The highest BCUT2D eigenvalue weighted by Gasteiger charge is 2.03. The largest absolute Gasteiger partial charge is 0.475 e. The van der Waals surface area contributed by atoms with Crippen molar-refractivity contribution in [3.05, 3.63) is 11.8 Å². The van der Waals surface area contributed by atoms with E-state index >= 15 is 0 Å². The Labute approximate surface area is 101 Å². The molecule has 0 aliphatic rings. The van der Waals surface area contributed by atoms with Crippen molar-refractivity contribution in [3.63, 3.8) is 0 Å². The summed E-state index contributed by atoms with van der Waals surface area (Å²) in [5, 5.41) is 2.86. The summed E-state index contributed by atoms with van der Waals surface area (Å²) in [7, 11) is 3.41. The molecule has 0 radical (unpaired) electrons. The molecular weight excluding hydrogens is 222 g/mol. The second-order valence-electron chi connectivity index (χ2n) is 3.39. The normalized spacial score (nSPS) is 10.3. The average Bonchev–Trinajstić information content (AvgIpc) is 2.35. The molecule has 1 aromatic rings. The van der Waals surface area contributed by atoms with E-state index in [1.165, 1.54) is 0 Å². The number of hydrogen-bond donors (Lipinski definition) is 1. The van der Waals surface area contributed by atoms with Gasteiger partial charge in [0.1, 0.15) is 6.61 Å². The first-order valence-corrected chi connectivity index (χ1v) is 5.48. The fraction of sp³-hybridized carbons (Fsp3) is 0.636. The van der Waals surface area contributed by atoms with E-state index in [2.05, 4.69) is 15.3 Å². The number of methoxy groups -OCH3 is 1. The topological polar surface area (TPSA) is 65.5 Å². The summed E-state index contributed by atoms with van der Waals surface area (Å²) in [6.45, 7) is 4.05. The summed E-state index contributed by atoms with van der Waals surface area (Å²) in [4.78, 5) is 8.28. The van der Waals surface area contributed by atoms with Crippen LogP contribution in [0.15, 0.2) is 6.20 Å². The minimum Gasteiger partial charge on any atom is -0.475 e. The molecule has 0 aromatic carbocycles. The third kappa shape index (κ3) is 4.97. The highest BCUT2D eigenvalue weighted by molar-refractivity contribution is 5.31. The van der Waals surface area contributed by atoms with Crippen molar-refractivity contribution in [3.8, 4) is 5.88 Å². The summed E-state index contributed by atoms with van der Waals surface area (Å²) in [5.41, 5.74) is 0.904. The first-order valence-electron chi connectivity index (χ1n) is 5.48. The van der Waals surface area contributed by atoms with Gasteiger partial charge in [-0.05, 0) is 6.92 Å². The molecule has 1 rings (SSSR count). The summed E-state index contributed by atoms with van der Waals surface area (Å²) in [6, 6.07) is 0. The maximum Gasteiger partial charge on any atom is 0.225 e. The highest BCUT2D eigenvalue weighted by atomic mass is 16.5. The number of nitrogens with one attached hydrogen (secondary N) is 1. The van der Waals surface area contributed by atoms with Crippen molar-refractivity contribution in [1.82, 2.24) is 9.97 Å². The van der Waals surface area contributed by atoms with Crippen LogP contribution in [0.5, 0.6) is 5.88 Å². The second-order valence-corrected chi connectivity index (χ2v) is 3.39. The van der Waals surface area contributed by atoms with Gasteiger partial charge in [-0.1, -0.05) is 0 Å². The third-order valence-corrected chi connectivity index (χ3v) is 2.05. The number of nitrogens with zero attached hydrogens (tertiary/aromatic N) is 2. The van der Waals surface area contributed by atoms with Gasteiger partial charge in [0, 0.05) is 25.9 Å². The Balaban J connectivity index is 2.30. The van der Waals surface area contributed by atoms with E-state index in [-0.39, 0.29) is 0 Å². The van der Waals surface area contributed by atoms with Crippen LogP contribution < -0.4 is 10.1 Å². The molecule has 0 aliphatic carbocycles. The van der Waals surface area contributed by atoms with E-state index in [1.54, 1.807) is 20.4 Å². The van der Waals surface area contributed by atoms with Gasteiger partial charge in [-0.3, -0.25) is 0 Å². The Morgan fingerprint density at radius 3 is 2.71 bits per heavy atom. The van der Waals surface area contributed by atoms with Crippen LogP contribution in [0.4, 0.5) is 5.95 Å². The molecule has 0 atom stereocenters. The lowest BCUT2D eigenvalue weighted by Crippen LogP contribution is -2.11. The van der Waals surface area contributed by atoms with Crippen LogP contribution in [-0.2, 0) is 9.47 Å². The van der Waals surface area contributed by atoms with Crippen LogP contribution in [0.25, 0.3) is 0 Å². The molecular formula is C11H19N3O3. The standard InChI is InChI=1S/C11H19N3O3/c1-9-8-13-11(12-2)14-10(9)17-7-6-16-5-4-15-3/h8H,4-7H2,1-3H3,(H,12,13,14). The van der Waals surface area contributed by atoms with Gasteiger partial charge >= 0.3 is 0 Å². The van der Waals surface area contributed by atoms with Crippen LogP contribution in [-0.4, -0.2) is 50.6 Å². The minimum absolute atomic E-state index is 0.463. The van der Waals surface area contributed by atoms with Crippen molar-refractivity contribution in [2.24, 2.45) is 0 Å². The van der Waals surface area contributed by atoms with Crippen LogP contribution in [0.3, 0.4) is 0 Å². The fourth-order valence-corrected chi connectivity index (χ4v) is 1.13. The summed E-state index contributed by atoms with van der Waals surface area (Å²) in [5.74, 6) is 1.13. The molecule has 17 heavy (non-hydrogen) atoms. The fourth-order valence-electron chi connectivity index (χ4n) is 1.13. The molecule has 0 fully saturated rings. The Morgan fingerprint density at radius 2 is 2.00 bits per heavy atom. The van der Waals surface area contributed by atoms with Gasteiger partial charge in [0.05, 0.1) is 19.8 Å². The molecule has 0 unspecified atom stereocenters. The number of anilines is 1. The van der Waals surface area contributed by atoms with Gasteiger partial charge in [-0.15, -0.1) is 0 Å². The molecule has 0 saturated carbocycles. The Morgan fingerprint density at radius 1 is 1.24 bits per heavy atom. The van der Waals surface area contributed by atoms with Crippen LogP contribution in [0, 0.1) is 6.92 Å². The zero-order chi connectivity index (χ0) is 12.5. The molecule has 96 valence electrons. The number of ether oxygens (including phenoxy) is 3. The first kappa shape index (κ1) is 13.7. The van der Waals surface area contributed by atoms with Crippen LogP contribution >= 0.6 is 0 Å². The lowest BCUT2D eigenvalue weighted by Gasteiger charge is -2.09. The van der Waals surface area contributed by atoms with E-state index in [9.17, 15) is 0 Å². The van der Waals surface area contributed by atoms with Crippen molar-refractivity contribution < 1.29 is 14.2 Å². The number of hydrogen-bond acceptors (Lipinski definition) is 6. The molecule has 0 spiro atoms. The summed E-state index contributed by atoms with van der Waals surface area (Å²) >= 11 is 0. The van der Waals surface area contributed by atoms with Crippen LogP contribution in [0.1, 0.15) is 5.56 Å². The third-order valence-electron chi connectivity index (χ3n) is 2.05. The van der Waals surface area contributed by atoms with E-state index in [1.807, 2.05) is 6.92 Å². The lowest BCUT2D eigenvalue weighted by molar-refractivity contribution is 0.0535. The second kappa shape index (κ2) is 7.81. The molecule has 1 heterocycles. The van der Waals surface area contributed by atoms with Gasteiger partial charge in [-0.2, -0.15) is 4.98 Å². The van der Waals surface area contributed by atoms with Crippen LogP contribution in [0.2, 0.25) is 0 Å².